The molecule has 2 rings (SSSR count). The lowest BCUT2D eigenvalue weighted by atomic mass is 10.1. The van der Waals surface area contributed by atoms with Crippen molar-refractivity contribution >= 4 is 0 Å². The summed E-state index contributed by atoms with van der Waals surface area (Å²) in [6.07, 6.45) is 2.71. The molecular weight excluding hydrogens is 186 g/mol. The molecule has 0 saturated carbocycles. The van der Waals surface area contributed by atoms with E-state index in [0.29, 0.717) is 6.04 Å². The fourth-order valence-electron chi connectivity index (χ4n) is 2.78. The third-order valence-electron chi connectivity index (χ3n) is 3.80. The van der Waals surface area contributed by atoms with Crippen LogP contribution < -0.4 is 5.32 Å². The molecule has 0 aromatic heterocycles. The van der Waals surface area contributed by atoms with Crippen LogP contribution in [0.4, 0.5) is 0 Å². The average molecular weight is 211 g/mol. The molecule has 2 fully saturated rings. The van der Waals surface area contributed by atoms with Gasteiger partial charge >= 0.3 is 0 Å². The first-order chi connectivity index (χ1) is 7.24. The van der Waals surface area contributed by atoms with E-state index in [2.05, 4.69) is 29.1 Å². The van der Waals surface area contributed by atoms with Crippen LogP contribution in [0.1, 0.15) is 19.8 Å². The molecule has 3 heteroatoms. The van der Waals surface area contributed by atoms with Gasteiger partial charge in [-0.3, -0.25) is 0 Å². The van der Waals surface area contributed by atoms with Crippen LogP contribution in [0.25, 0.3) is 0 Å². The van der Waals surface area contributed by atoms with Crippen molar-refractivity contribution in [3.63, 3.8) is 0 Å². The molecule has 0 aromatic rings. The van der Waals surface area contributed by atoms with E-state index in [1.54, 1.807) is 0 Å². The van der Waals surface area contributed by atoms with Gasteiger partial charge in [-0.15, -0.1) is 0 Å². The molecule has 2 unspecified atom stereocenters. The topological polar surface area (TPSA) is 18.5 Å². The third-order valence-corrected chi connectivity index (χ3v) is 3.80. The zero-order chi connectivity index (χ0) is 10.7. The number of likely N-dealkylation sites (tertiary alicyclic amines) is 1. The average Bonchev–Trinajstić information content (AvgIpc) is 2.48. The number of rotatable bonds is 2. The molecule has 0 bridgehead atoms. The molecule has 0 amide bonds. The Bertz CT molecular complexity index is 195. The smallest absolute Gasteiger partial charge is 0.0107 e. The van der Waals surface area contributed by atoms with Gasteiger partial charge in [0.1, 0.15) is 0 Å². The summed E-state index contributed by atoms with van der Waals surface area (Å²) in [6, 6.07) is 0.709. The minimum atomic E-state index is 0.709. The lowest BCUT2D eigenvalue weighted by molar-refractivity contribution is 0.242. The maximum Gasteiger partial charge on any atom is 0.0107 e. The molecule has 2 heterocycles. The van der Waals surface area contributed by atoms with E-state index < -0.39 is 0 Å². The molecule has 2 aliphatic heterocycles. The number of hydrogen-bond acceptors (Lipinski definition) is 3. The van der Waals surface area contributed by atoms with Crippen molar-refractivity contribution in [2.45, 2.75) is 25.8 Å². The van der Waals surface area contributed by atoms with Crippen molar-refractivity contribution in [2.24, 2.45) is 5.92 Å². The molecule has 2 atom stereocenters. The van der Waals surface area contributed by atoms with E-state index in [9.17, 15) is 0 Å². The van der Waals surface area contributed by atoms with Crippen molar-refractivity contribution in [1.29, 1.82) is 0 Å². The van der Waals surface area contributed by atoms with Crippen LogP contribution in [0, 0.1) is 5.92 Å². The maximum atomic E-state index is 3.56. The highest BCUT2D eigenvalue weighted by molar-refractivity contribution is 4.79. The summed E-state index contributed by atoms with van der Waals surface area (Å²) in [5.41, 5.74) is 0. The molecule has 0 aliphatic carbocycles. The zero-order valence-electron chi connectivity index (χ0n) is 10.2. The zero-order valence-corrected chi connectivity index (χ0v) is 10.2. The van der Waals surface area contributed by atoms with Gasteiger partial charge in [-0.1, -0.05) is 0 Å². The van der Waals surface area contributed by atoms with Crippen LogP contribution in [-0.4, -0.2) is 62.2 Å². The normalized spacial score (nSPS) is 35.6. The highest BCUT2D eigenvalue weighted by atomic mass is 15.2. The summed E-state index contributed by atoms with van der Waals surface area (Å²) in [6.45, 7) is 9.92. The van der Waals surface area contributed by atoms with E-state index in [-0.39, 0.29) is 0 Å². The Balaban J connectivity index is 1.74. The Labute approximate surface area is 93.8 Å². The van der Waals surface area contributed by atoms with Crippen molar-refractivity contribution in [3.05, 3.63) is 0 Å². The van der Waals surface area contributed by atoms with E-state index in [1.807, 2.05) is 0 Å². The quantitative estimate of drug-likeness (QED) is 0.722. The summed E-state index contributed by atoms with van der Waals surface area (Å²) < 4.78 is 0. The van der Waals surface area contributed by atoms with Crippen molar-refractivity contribution in [1.82, 2.24) is 15.1 Å². The van der Waals surface area contributed by atoms with Crippen LogP contribution in [0.15, 0.2) is 0 Å². The number of nitrogens with one attached hydrogen (secondary N) is 1. The summed E-state index contributed by atoms with van der Waals surface area (Å²) in [7, 11) is 2.24. The second-order valence-electron chi connectivity index (χ2n) is 5.36. The SMILES string of the molecule is CC1CCN(CC2CCN(C)C2)CCN1. The van der Waals surface area contributed by atoms with Crippen molar-refractivity contribution in [3.8, 4) is 0 Å². The first-order valence-corrected chi connectivity index (χ1v) is 6.38. The van der Waals surface area contributed by atoms with Crippen LogP contribution in [-0.2, 0) is 0 Å². The molecule has 2 saturated heterocycles. The van der Waals surface area contributed by atoms with E-state index in [1.165, 1.54) is 52.1 Å². The fourth-order valence-corrected chi connectivity index (χ4v) is 2.78. The minimum absolute atomic E-state index is 0.709. The third kappa shape index (κ3) is 3.44. The Kier molecular flexibility index (Phi) is 4.00. The molecule has 1 N–H and O–H groups in total. The number of hydrogen-bond donors (Lipinski definition) is 1. The van der Waals surface area contributed by atoms with Gasteiger partial charge in [0.15, 0.2) is 0 Å². The van der Waals surface area contributed by atoms with Gasteiger partial charge in [0.25, 0.3) is 0 Å². The summed E-state index contributed by atoms with van der Waals surface area (Å²) in [4.78, 5) is 5.11. The van der Waals surface area contributed by atoms with Gasteiger partial charge in [-0.2, -0.15) is 0 Å². The van der Waals surface area contributed by atoms with Crippen LogP contribution in [0.3, 0.4) is 0 Å². The Morgan fingerprint density at radius 3 is 2.80 bits per heavy atom. The molecule has 88 valence electrons. The Morgan fingerprint density at radius 2 is 2.07 bits per heavy atom. The molecule has 2 aliphatic rings. The predicted molar refractivity (Wildman–Crippen MR) is 64.1 cm³/mol. The molecule has 0 aromatic carbocycles. The molecule has 0 radical (unpaired) electrons. The highest BCUT2D eigenvalue weighted by Gasteiger charge is 2.22. The number of nitrogens with zero attached hydrogens (tertiary/aromatic N) is 2. The Hall–Kier alpha value is -0.120. The minimum Gasteiger partial charge on any atom is -0.313 e. The fraction of sp³-hybridized carbons (Fsp3) is 1.00. The lowest BCUT2D eigenvalue weighted by Crippen LogP contribution is -2.33. The van der Waals surface area contributed by atoms with Crippen molar-refractivity contribution in [2.75, 3.05) is 46.3 Å². The second kappa shape index (κ2) is 5.28. The molecule has 0 spiro atoms. The second-order valence-corrected chi connectivity index (χ2v) is 5.36. The van der Waals surface area contributed by atoms with Crippen molar-refractivity contribution < 1.29 is 0 Å². The summed E-state index contributed by atoms with van der Waals surface area (Å²) >= 11 is 0. The van der Waals surface area contributed by atoms with Crippen LogP contribution in [0.2, 0.25) is 0 Å². The highest BCUT2D eigenvalue weighted by Crippen LogP contribution is 2.16. The molecular formula is C12H25N3. The maximum absolute atomic E-state index is 3.56. The first kappa shape index (κ1) is 11.4. The van der Waals surface area contributed by atoms with Gasteiger partial charge in [-0.25, -0.2) is 0 Å². The standard InChI is InChI=1S/C12H25N3/c1-11-3-7-15(8-5-13-11)10-12-4-6-14(2)9-12/h11-13H,3-10H2,1-2H3. The summed E-state index contributed by atoms with van der Waals surface area (Å²) in [5.74, 6) is 0.920. The van der Waals surface area contributed by atoms with Crippen LogP contribution in [0.5, 0.6) is 0 Å². The predicted octanol–water partition coefficient (Wildman–Crippen LogP) is 0.622. The molecule has 15 heavy (non-hydrogen) atoms. The van der Waals surface area contributed by atoms with Crippen LogP contribution >= 0.6 is 0 Å². The van der Waals surface area contributed by atoms with Gasteiger partial charge in [0, 0.05) is 32.2 Å². The van der Waals surface area contributed by atoms with Gasteiger partial charge in [-0.05, 0) is 45.8 Å². The lowest BCUT2D eigenvalue weighted by Gasteiger charge is -2.23. The summed E-state index contributed by atoms with van der Waals surface area (Å²) in [5, 5.41) is 3.56. The van der Waals surface area contributed by atoms with E-state index >= 15 is 0 Å². The largest absolute Gasteiger partial charge is 0.313 e. The Morgan fingerprint density at radius 1 is 1.20 bits per heavy atom. The van der Waals surface area contributed by atoms with Gasteiger partial charge in [0.05, 0.1) is 0 Å². The van der Waals surface area contributed by atoms with Gasteiger partial charge in [0.2, 0.25) is 0 Å². The first-order valence-electron chi connectivity index (χ1n) is 6.38. The monoisotopic (exact) mass is 211 g/mol. The van der Waals surface area contributed by atoms with E-state index in [4.69, 9.17) is 0 Å². The van der Waals surface area contributed by atoms with Gasteiger partial charge < -0.3 is 15.1 Å². The van der Waals surface area contributed by atoms with E-state index in [0.717, 1.165) is 5.92 Å². The molecule has 3 nitrogen and oxygen atoms in total.